The molecule has 0 rings (SSSR count). The van der Waals surface area contributed by atoms with Crippen molar-refractivity contribution in [2.24, 2.45) is 0 Å². The molecular formula is C18H37N3Ti. The molecule has 0 bridgehead atoms. The van der Waals surface area contributed by atoms with Crippen molar-refractivity contribution in [2.45, 2.75) is 27.7 Å². The molecule has 0 aromatic carbocycles. The van der Waals surface area contributed by atoms with Gasteiger partial charge < -0.3 is 16.0 Å². The van der Waals surface area contributed by atoms with Crippen molar-refractivity contribution in [2.75, 3.05) is 42.3 Å². The van der Waals surface area contributed by atoms with Crippen molar-refractivity contribution >= 4 is 0 Å². The first kappa shape index (κ1) is 37.6. The summed E-state index contributed by atoms with van der Waals surface area (Å²) in [6.45, 7) is 16.6. The summed E-state index contributed by atoms with van der Waals surface area (Å²) in [4.78, 5) is 0. The predicted octanol–water partition coefficient (Wildman–Crippen LogP) is 5.94. The summed E-state index contributed by atoms with van der Waals surface area (Å²) in [6, 6.07) is 0. The zero-order valence-electron chi connectivity index (χ0n) is 16.4. The van der Waals surface area contributed by atoms with Crippen LogP contribution < -0.4 is 0 Å². The standard InChI is InChI=1S/C6H10.C6H9.3C2H6N.Ti/c2*1-4-6(3)5-2;3*1-3-2;/h4-5H,1H2,2-3H3;1,4-5H,2-3H3;3*1-2H3;/q;4*-1;+4. The number of nitrogens with zero attached hydrogens (tertiary/aromatic N) is 3. The molecule has 0 atom stereocenters. The Kier molecular flexibility index (Phi) is 85.3. The van der Waals surface area contributed by atoms with Crippen molar-refractivity contribution in [3.63, 3.8) is 0 Å². The minimum absolute atomic E-state index is 0. The van der Waals surface area contributed by atoms with Gasteiger partial charge in [0, 0.05) is 0 Å². The van der Waals surface area contributed by atoms with Gasteiger partial charge in [-0.2, -0.15) is 48.4 Å². The average molecular weight is 343 g/mol. The third-order valence-electron chi connectivity index (χ3n) is 1.50. The van der Waals surface area contributed by atoms with E-state index in [0.717, 1.165) is 5.57 Å². The molecule has 0 unspecified atom stereocenters. The Morgan fingerprint density at radius 3 is 1.00 bits per heavy atom. The molecule has 3 nitrogen and oxygen atoms in total. The number of rotatable bonds is 2. The van der Waals surface area contributed by atoms with Crippen LogP contribution in [0.5, 0.6) is 0 Å². The Morgan fingerprint density at radius 2 is 1.00 bits per heavy atom. The van der Waals surface area contributed by atoms with Gasteiger partial charge in [0.05, 0.1) is 0 Å². The quantitative estimate of drug-likeness (QED) is 0.338. The molecule has 0 spiro atoms. The second kappa shape index (κ2) is 49.9. The third-order valence-corrected chi connectivity index (χ3v) is 1.50. The maximum absolute atomic E-state index is 5.09. The molecule has 0 radical (unpaired) electrons. The van der Waals surface area contributed by atoms with E-state index in [1.54, 1.807) is 48.4 Å². The fourth-order valence-electron chi connectivity index (χ4n) is 0.214. The van der Waals surface area contributed by atoms with Crippen molar-refractivity contribution in [1.82, 2.24) is 0 Å². The minimum atomic E-state index is 0. The van der Waals surface area contributed by atoms with Gasteiger partial charge in [0.15, 0.2) is 0 Å². The molecule has 0 amide bonds. The molecule has 128 valence electrons. The van der Waals surface area contributed by atoms with Crippen LogP contribution in [0.2, 0.25) is 0 Å². The van der Waals surface area contributed by atoms with Gasteiger partial charge >= 0.3 is 21.7 Å². The van der Waals surface area contributed by atoms with Crippen LogP contribution >= 0.6 is 0 Å². The van der Waals surface area contributed by atoms with E-state index in [1.807, 2.05) is 45.9 Å². The van der Waals surface area contributed by atoms with E-state index < -0.39 is 0 Å². The molecule has 0 heterocycles. The van der Waals surface area contributed by atoms with Gasteiger partial charge in [-0.15, -0.1) is 6.92 Å². The van der Waals surface area contributed by atoms with Gasteiger partial charge in [0.2, 0.25) is 0 Å². The van der Waals surface area contributed by atoms with Gasteiger partial charge in [-0.1, -0.05) is 31.2 Å². The molecule has 0 fully saturated rings. The van der Waals surface area contributed by atoms with Gasteiger partial charge in [-0.25, -0.2) is 11.6 Å². The summed E-state index contributed by atoms with van der Waals surface area (Å²) in [7, 11) is 10.5. The summed E-state index contributed by atoms with van der Waals surface area (Å²) in [5, 5.41) is 10.5. The largest absolute Gasteiger partial charge is 4.00 e. The van der Waals surface area contributed by atoms with E-state index in [0.29, 0.717) is 0 Å². The monoisotopic (exact) mass is 343 g/mol. The van der Waals surface area contributed by atoms with E-state index in [9.17, 15) is 0 Å². The van der Waals surface area contributed by atoms with Gasteiger partial charge in [-0.3, -0.25) is 6.58 Å². The number of hydrogen-bond acceptors (Lipinski definition) is 0. The van der Waals surface area contributed by atoms with E-state index in [2.05, 4.69) is 22.5 Å². The molecule has 0 saturated carbocycles. The first-order valence-electron chi connectivity index (χ1n) is 6.73. The summed E-state index contributed by atoms with van der Waals surface area (Å²) < 4.78 is 0. The molecule has 0 aliphatic carbocycles. The van der Waals surface area contributed by atoms with Crippen molar-refractivity contribution in [3.05, 3.63) is 64.6 Å². The fraction of sp³-hybridized carbons (Fsp3) is 0.556. The van der Waals surface area contributed by atoms with Crippen LogP contribution in [0.1, 0.15) is 27.7 Å². The van der Waals surface area contributed by atoms with E-state index >= 15 is 0 Å². The van der Waals surface area contributed by atoms with Crippen LogP contribution in [0.4, 0.5) is 0 Å². The second-order valence-electron chi connectivity index (χ2n) is 3.78. The van der Waals surface area contributed by atoms with Crippen LogP contribution in [0.25, 0.3) is 16.0 Å². The van der Waals surface area contributed by atoms with Crippen LogP contribution in [-0.2, 0) is 21.7 Å². The summed E-state index contributed by atoms with van der Waals surface area (Å²) in [5.74, 6) is 0. The van der Waals surface area contributed by atoms with Crippen LogP contribution in [0.3, 0.4) is 0 Å². The smallest absolute Gasteiger partial charge is 0.668 e. The van der Waals surface area contributed by atoms with E-state index in [4.69, 9.17) is 6.58 Å². The molecule has 0 aliphatic heterocycles. The molecular weight excluding hydrogens is 306 g/mol. The van der Waals surface area contributed by atoms with Crippen LogP contribution in [0.15, 0.2) is 42.0 Å². The maximum atomic E-state index is 5.09. The van der Waals surface area contributed by atoms with E-state index in [-0.39, 0.29) is 21.7 Å². The zero-order valence-corrected chi connectivity index (χ0v) is 18.0. The SMILES string of the molecule is C=CC(C)=CC.C[N-]C.C[N-]C.C[N-]C.[CH-]=CC(C)=CC.[Ti+4]. The second-order valence-corrected chi connectivity index (χ2v) is 3.78. The van der Waals surface area contributed by atoms with Crippen molar-refractivity contribution in [3.8, 4) is 0 Å². The first-order valence-corrected chi connectivity index (χ1v) is 6.73. The molecule has 0 aliphatic rings. The number of allylic oxidation sites excluding steroid dienone is 6. The van der Waals surface area contributed by atoms with Crippen LogP contribution in [0, 0.1) is 6.58 Å². The first-order chi connectivity index (χ1) is 9.86. The minimum Gasteiger partial charge on any atom is -0.668 e. The zero-order chi connectivity index (χ0) is 18.1. The van der Waals surface area contributed by atoms with Gasteiger partial charge in [0.25, 0.3) is 0 Å². The van der Waals surface area contributed by atoms with Crippen LogP contribution in [-0.4, -0.2) is 42.3 Å². The Morgan fingerprint density at radius 1 is 0.773 bits per heavy atom. The molecule has 4 heteroatoms. The van der Waals surface area contributed by atoms with Crippen molar-refractivity contribution in [1.29, 1.82) is 0 Å². The summed E-state index contributed by atoms with van der Waals surface area (Å²) in [6.07, 6.45) is 7.40. The van der Waals surface area contributed by atoms with Gasteiger partial charge in [-0.05, 0) is 13.8 Å². The average Bonchev–Trinajstić information content (AvgIpc) is 2.48. The van der Waals surface area contributed by atoms with E-state index in [1.165, 1.54) is 5.57 Å². The molecule has 22 heavy (non-hydrogen) atoms. The normalized spacial score (nSPS) is 8.64. The molecule has 0 aromatic heterocycles. The number of hydrogen-bond donors (Lipinski definition) is 0. The maximum Gasteiger partial charge on any atom is 4.00 e. The predicted molar refractivity (Wildman–Crippen MR) is 104 cm³/mol. The summed E-state index contributed by atoms with van der Waals surface area (Å²) >= 11 is 0. The molecule has 0 saturated heterocycles. The third kappa shape index (κ3) is 118. The Bertz CT molecular complexity index is 208. The Labute approximate surface area is 156 Å². The molecule has 0 N–H and O–H groups in total. The Hall–Kier alpha value is -0.446. The Balaban J connectivity index is -0.0000000376. The molecule has 0 aromatic rings. The van der Waals surface area contributed by atoms with Gasteiger partial charge in [0.1, 0.15) is 0 Å². The topological polar surface area (TPSA) is 42.3 Å². The van der Waals surface area contributed by atoms with Crippen molar-refractivity contribution < 1.29 is 21.7 Å². The fourth-order valence-corrected chi connectivity index (χ4v) is 0.214. The summed E-state index contributed by atoms with van der Waals surface area (Å²) in [5.41, 5.74) is 2.35.